The molecule has 0 bridgehead atoms. The van der Waals surface area contributed by atoms with Crippen molar-refractivity contribution in [1.82, 2.24) is 9.88 Å². The number of thiazole rings is 1. The molecule has 3 rings (SSSR count). The van der Waals surface area contributed by atoms with E-state index in [1.807, 2.05) is 0 Å². The summed E-state index contributed by atoms with van der Waals surface area (Å²) in [5.41, 5.74) is 0.856. The van der Waals surface area contributed by atoms with Crippen LogP contribution in [0.1, 0.15) is 36.8 Å². The molecule has 0 unspecified atom stereocenters. The monoisotopic (exact) mass is 403 g/mol. The molecule has 10 heteroatoms. The maximum atomic E-state index is 12.6. The van der Waals surface area contributed by atoms with Gasteiger partial charge in [0.15, 0.2) is 5.13 Å². The Kier molecular flexibility index (Phi) is 6.16. The van der Waals surface area contributed by atoms with E-state index in [0.29, 0.717) is 31.2 Å². The van der Waals surface area contributed by atoms with Gasteiger partial charge in [-0.1, -0.05) is 11.3 Å². The number of hydrogen-bond donors (Lipinski definition) is 1. The number of sulfonamides is 1. The van der Waals surface area contributed by atoms with Gasteiger partial charge in [-0.15, -0.1) is 0 Å². The number of carbonyl (C=O) groups excluding carboxylic acids is 1. The Bertz CT molecular complexity index is 743. The van der Waals surface area contributed by atoms with Gasteiger partial charge in [0.25, 0.3) is 5.91 Å². The minimum absolute atomic E-state index is 0.0579. The van der Waals surface area contributed by atoms with Crippen molar-refractivity contribution in [2.24, 2.45) is 0 Å². The molecule has 146 valence electrons. The fraction of sp³-hybridized carbons (Fsp3) is 0.750. The first kappa shape index (κ1) is 19.5. The standard InChI is InChI=1S/C16H25N3O5S2/c1-11(24-10-12-5-3-4-8-23-12)15(20)19-7-6-13-14(9-19)25-16(17-13)18-26(2,21)22/h11-12H,3-10H2,1-2H3,(H,17,18)/t11-,12-/m1/s1. The number of fused-ring (bicyclic) bond motifs is 1. The highest BCUT2D eigenvalue weighted by Crippen LogP contribution is 2.29. The number of aromatic nitrogens is 1. The van der Waals surface area contributed by atoms with E-state index in [9.17, 15) is 13.2 Å². The molecule has 2 atom stereocenters. The van der Waals surface area contributed by atoms with Crippen molar-refractivity contribution < 1.29 is 22.7 Å². The molecule has 1 aromatic rings. The number of rotatable bonds is 6. The second-order valence-corrected chi connectivity index (χ2v) is 9.57. The van der Waals surface area contributed by atoms with Crippen LogP contribution in [-0.2, 0) is 37.3 Å². The normalized spacial score (nSPS) is 21.9. The van der Waals surface area contributed by atoms with Gasteiger partial charge in [-0.25, -0.2) is 13.4 Å². The second-order valence-electron chi connectivity index (χ2n) is 6.74. The molecular weight excluding hydrogens is 378 g/mol. The van der Waals surface area contributed by atoms with E-state index in [1.165, 1.54) is 11.3 Å². The number of anilines is 1. The van der Waals surface area contributed by atoms with Gasteiger partial charge in [0.2, 0.25) is 10.0 Å². The van der Waals surface area contributed by atoms with Crippen molar-refractivity contribution in [2.45, 2.75) is 51.4 Å². The lowest BCUT2D eigenvalue weighted by molar-refractivity contribution is -0.147. The van der Waals surface area contributed by atoms with Crippen LogP contribution in [0.5, 0.6) is 0 Å². The minimum atomic E-state index is -3.35. The van der Waals surface area contributed by atoms with Crippen LogP contribution >= 0.6 is 11.3 Å². The van der Waals surface area contributed by atoms with Gasteiger partial charge < -0.3 is 14.4 Å². The number of carbonyl (C=O) groups is 1. The number of nitrogens with zero attached hydrogens (tertiary/aromatic N) is 2. The molecule has 26 heavy (non-hydrogen) atoms. The maximum absolute atomic E-state index is 12.6. The third kappa shape index (κ3) is 5.15. The number of ether oxygens (including phenoxy) is 2. The Morgan fingerprint density at radius 3 is 3.00 bits per heavy atom. The lowest BCUT2D eigenvalue weighted by atomic mass is 10.1. The summed E-state index contributed by atoms with van der Waals surface area (Å²) in [7, 11) is -3.35. The molecule has 2 aliphatic heterocycles. The van der Waals surface area contributed by atoms with Crippen LogP contribution in [0.2, 0.25) is 0 Å². The molecule has 3 heterocycles. The molecule has 1 saturated heterocycles. The zero-order valence-corrected chi connectivity index (χ0v) is 16.7. The quantitative estimate of drug-likeness (QED) is 0.770. The van der Waals surface area contributed by atoms with Crippen LogP contribution in [0.15, 0.2) is 0 Å². The highest BCUT2D eigenvalue weighted by atomic mass is 32.2. The molecule has 2 aliphatic rings. The van der Waals surface area contributed by atoms with Gasteiger partial charge >= 0.3 is 0 Å². The molecule has 0 spiro atoms. The van der Waals surface area contributed by atoms with Gasteiger partial charge in [-0.3, -0.25) is 9.52 Å². The molecule has 1 fully saturated rings. The fourth-order valence-corrected chi connectivity index (χ4v) is 4.96. The summed E-state index contributed by atoms with van der Waals surface area (Å²) in [5, 5.41) is 0.352. The average Bonchev–Trinajstić information content (AvgIpc) is 2.99. The Morgan fingerprint density at radius 2 is 2.31 bits per heavy atom. The lowest BCUT2D eigenvalue weighted by Crippen LogP contribution is -2.42. The van der Waals surface area contributed by atoms with Crippen LogP contribution in [-0.4, -0.2) is 62.4 Å². The zero-order chi connectivity index (χ0) is 18.7. The van der Waals surface area contributed by atoms with Crippen molar-refractivity contribution in [3.8, 4) is 0 Å². The molecular formula is C16H25N3O5S2. The second kappa shape index (κ2) is 8.20. The van der Waals surface area contributed by atoms with Crippen LogP contribution in [0.3, 0.4) is 0 Å². The van der Waals surface area contributed by atoms with Crippen LogP contribution in [0, 0.1) is 0 Å². The van der Waals surface area contributed by atoms with Crippen LogP contribution in [0.4, 0.5) is 5.13 Å². The van der Waals surface area contributed by atoms with E-state index in [1.54, 1.807) is 11.8 Å². The summed E-state index contributed by atoms with van der Waals surface area (Å²) < 4.78 is 36.4. The molecule has 0 radical (unpaired) electrons. The predicted molar refractivity (Wildman–Crippen MR) is 98.7 cm³/mol. The molecule has 0 aromatic carbocycles. The van der Waals surface area contributed by atoms with Gasteiger partial charge in [-0.05, 0) is 26.2 Å². The summed E-state index contributed by atoms with van der Waals surface area (Å²) in [5.74, 6) is -0.0579. The topological polar surface area (TPSA) is 97.8 Å². The van der Waals surface area contributed by atoms with E-state index in [0.717, 1.165) is 42.7 Å². The Labute approximate surface area is 157 Å². The van der Waals surface area contributed by atoms with E-state index >= 15 is 0 Å². The predicted octanol–water partition coefficient (Wildman–Crippen LogP) is 1.37. The summed E-state index contributed by atoms with van der Waals surface area (Å²) in [6.45, 7) is 3.96. The molecule has 1 aromatic heterocycles. The van der Waals surface area contributed by atoms with Crippen molar-refractivity contribution in [3.05, 3.63) is 10.6 Å². The van der Waals surface area contributed by atoms with E-state index in [4.69, 9.17) is 9.47 Å². The SMILES string of the molecule is C[C@@H](OC[C@H]1CCCCO1)C(=O)N1CCc2nc(NS(C)(=O)=O)sc2C1. The highest BCUT2D eigenvalue weighted by molar-refractivity contribution is 7.92. The minimum Gasteiger partial charge on any atom is -0.376 e. The van der Waals surface area contributed by atoms with Crippen molar-refractivity contribution in [1.29, 1.82) is 0 Å². The lowest BCUT2D eigenvalue weighted by Gasteiger charge is -2.29. The van der Waals surface area contributed by atoms with Crippen molar-refractivity contribution in [3.63, 3.8) is 0 Å². The van der Waals surface area contributed by atoms with Crippen molar-refractivity contribution >= 4 is 32.4 Å². The fourth-order valence-electron chi connectivity index (χ4n) is 3.10. The summed E-state index contributed by atoms with van der Waals surface area (Å²) in [6, 6.07) is 0. The van der Waals surface area contributed by atoms with Crippen LogP contribution in [0.25, 0.3) is 0 Å². The first-order valence-corrected chi connectivity index (χ1v) is 11.5. The number of hydrogen-bond acceptors (Lipinski definition) is 7. The van der Waals surface area contributed by atoms with Crippen molar-refractivity contribution in [2.75, 3.05) is 30.7 Å². The summed E-state index contributed by atoms with van der Waals surface area (Å²) in [4.78, 5) is 19.6. The highest BCUT2D eigenvalue weighted by Gasteiger charge is 2.28. The third-order valence-electron chi connectivity index (χ3n) is 4.47. The smallest absolute Gasteiger partial charge is 0.251 e. The molecule has 1 N–H and O–H groups in total. The average molecular weight is 404 g/mol. The Balaban J connectivity index is 1.54. The largest absolute Gasteiger partial charge is 0.376 e. The van der Waals surface area contributed by atoms with Crippen LogP contribution < -0.4 is 4.72 Å². The Hall–Kier alpha value is -1.23. The molecule has 0 saturated carbocycles. The van der Waals surface area contributed by atoms with E-state index in [-0.39, 0.29) is 12.0 Å². The van der Waals surface area contributed by atoms with E-state index < -0.39 is 16.1 Å². The first-order chi connectivity index (χ1) is 12.3. The molecule has 1 amide bonds. The summed E-state index contributed by atoms with van der Waals surface area (Å²) in [6.07, 6.45) is 4.47. The van der Waals surface area contributed by atoms with Gasteiger partial charge in [0, 0.05) is 24.4 Å². The number of nitrogens with one attached hydrogen (secondary N) is 1. The van der Waals surface area contributed by atoms with Gasteiger partial charge in [0.1, 0.15) is 6.10 Å². The molecule has 0 aliphatic carbocycles. The summed E-state index contributed by atoms with van der Waals surface area (Å²) >= 11 is 1.28. The zero-order valence-electron chi connectivity index (χ0n) is 15.1. The van der Waals surface area contributed by atoms with Gasteiger partial charge in [0.05, 0.1) is 31.2 Å². The Morgan fingerprint density at radius 1 is 1.50 bits per heavy atom. The maximum Gasteiger partial charge on any atom is 0.251 e. The third-order valence-corrected chi connectivity index (χ3v) is 6.16. The number of amides is 1. The molecule has 8 nitrogen and oxygen atoms in total. The first-order valence-electron chi connectivity index (χ1n) is 8.80. The van der Waals surface area contributed by atoms with E-state index in [2.05, 4.69) is 9.71 Å². The van der Waals surface area contributed by atoms with Gasteiger partial charge in [-0.2, -0.15) is 0 Å².